The van der Waals surface area contributed by atoms with Crippen molar-refractivity contribution in [1.82, 2.24) is 14.9 Å². The van der Waals surface area contributed by atoms with Crippen LogP contribution in [-0.2, 0) is 17.8 Å². The van der Waals surface area contributed by atoms with Crippen molar-refractivity contribution >= 4 is 5.82 Å². The summed E-state index contributed by atoms with van der Waals surface area (Å²) < 4.78 is 5.79. The predicted octanol–water partition coefficient (Wildman–Crippen LogP) is 2.24. The van der Waals surface area contributed by atoms with E-state index in [1.807, 2.05) is 24.5 Å². The number of nitrogens with two attached hydrogens (primary N) is 1. The summed E-state index contributed by atoms with van der Waals surface area (Å²) in [6.45, 7) is 3.43. The maximum absolute atomic E-state index is 5.99. The molecule has 1 aliphatic heterocycles. The third kappa shape index (κ3) is 4.02. The Morgan fingerprint density at radius 3 is 2.77 bits per heavy atom. The Hall–Kier alpha value is -1.98. The Morgan fingerprint density at radius 2 is 2.05 bits per heavy atom. The smallest absolute Gasteiger partial charge is 0.127 e. The summed E-state index contributed by atoms with van der Waals surface area (Å²) in [4.78, 5) is 10.6. The molecule has 0 radical (unpaired) electrons. The molecule has 0 unspecified atom stereocenters. The molecule has 2 aromatic heterocycles. The molecule has 1 aliphatic rings. The molecule has 5 nitrogen and oxygen atoms in total. The molecule has 0 aliphatic carbocycles. The number of nitrogen functional groups attached to an aromatic ring is 1. The summed E-state index contributed by atoms with van der Waals surface area (Å²) in [6, 6.07) is 8.07. The zero-order valence-electron chi connectivity index (χ0n) is 12.7. The van der Waals surface area contributed by atoms with Gasteiger partial charge < -0.3 is 10.5 Å². The molecule has 0 bridgehead atoms. The Labute approximate surface area is 131 Å². The highest BCUT2D eigenvalue weighted by atomic mass is 16.5. The van der Waals surface area contributed by atoms with Crippen molar-refractivity contribution in [3.8, 4) is 0 Å². The topological polar surface area (TPSA) is 64.3 Å². The van der Waals surface area contributed by atoms with E-state index in [9.17, 15) is 0 Å². The maximum Gasteiger partial charge on any atom is 0.127 e. The Morgan fingerprint density at radius 1 is 1.18 bits per heavy atom. The fraction of sp³-hybridized carbons (Fsp3) is 0.412. The molecule has 22 heavy (non-hydrogen) atoms. The molecule has 0 aromatic carbocycles. The fourth-order valence-electron chi connectivity index (χ4n) is 2.83. The van der Waals surface area contributed by atoms with Crippen molar-refractivity contribution in [2.24, 2.45) is 0 Å². The van der Waals surface area contributed by atoms with Gasteiger partial charge in [0.2, 0.25) is 0 Å². The molecule has 1 saturated heterocycles. The van der Waals surface area contributed by atoms with Gasteiger partial charge in [-0.3, -0.25) is 9.88 Å². The Kier molecular flexibility index (Phi) is 4.98. The Balaban J connectivity index is 1.71. The maximum atomic E-state index is 5.99. The Bertz CT molecular complexity index is 584. The minimum Gasteiger partial charge on any atom is -0.383 e. The van der Waals surface area contributed by atoms with Gasteiger partial charge in [0.1, 0.15) is 5.82 Å². The van der Waals surface area contributed by atoms with E-state index in [2.05, 4.69) is 27.0 Å². The van der Waals surface area contributed by atoms with E-state index in [0.717, 1.165) is 44.6 Å². The minimum atomic E-state index is 0.319. The molecule has 1 fully saturated rings. The third-order valence-corrected chi connectivity index (χ3v) is 3.96. The number of hydrogen-bond donors (Lipinski definition) is 1. The highest BCUT2D eigenvalue weighted by molar-refractivity contribution is 5.38. The monoisotopic (exact) mass is 298 g/mol. The zero-order valence-corrected chi connectivity index (χ0v) is 12.7. The number of nitrogens with zero attached hydrogens (tertiary/aromatic N) is 3. The second-order valence-electron chi connectivity index (χ2n) is 5.71. The van der Waals surface area contributed by atoms with Crippen molar-refractivity contribution in [3.05, 3.63) is 54.0 Å². The molecule has 3 heterocycles. The number of anilines is 1. The van der Waals surface area contributed by atoms with Gasteiger partial charge in [0.05, 0.1) is 6.10 Å². The molecule has 2 aromatic rings. The average Bonchev–Trinajstić information content (AvgIpc) is 3.03. The van der Waals surface area contributed by atoms with Gasteiger partial charge in [-0.1, -0.05) is 6.07 Å². The quantitative estimate of drug-likeness (QED) is 0.886. The van der Waals surface area contributed by atoms with Gasteiger partial charge in [-0.05, 0) is 36.6 Å². The van der Waals surface area contributed by atoms with Crippen LogP contribution in [0.2, 0.25) is 0 Å². The first-order valence-electron chi connectivity index (χ1n) is 7.73. The molecule has 2 N–H and O–H groups in total. The number of hydrogen-bond acceptors (Lipinski definition) is 5. The van der Waals surface area contributed by atoms with Gasteiger partial charge in [0.15, 0.2) is 0 Å². The van der Waals surface area contributed by atoms with E-state index in [4.69, 9.17) is 10.5 Å². The van der Waals surface area contributed by atoms with Crippen LogP contribution in [0.5, 0.6) is 0 Å². The third-order valence-electron chi connectivity index (χ3n) is 3.96. The number of rotatable bonds is 6. The standard InChI is InChI=1S/C17H22N4O/c18-17-15(3-1-7-20-17)12-21(13-16-4-2-10-22-16)11-14-5-8-19-9-6-14/h1,3,5-9,16H,2,4,10-13H2,(H2,18,20)/t16-/m0/s1. The molecule has 3 rings (SSSR count). The van der Waals surface area contributed by atoms with E-state index in [1.54, 1.807) is 6.20 Å². The number of pyridine rings is 2. The van der Waals surface area contributed by atoms with Crippen LogP contribution in [-0.4, -0.2) is 34.1 Å². The zero-order chi connectivity index (χ0) is 15.2. The van der Waals surface area contributed by atoms with Crippen molar-refractivity contribution in [3.63, 3.8) is 0 Å². The first-order valence-corrected chi connectivity index (χ1v) is 7.73. The molecule has 5 heteroatoms. The molecular formula is C17H22N4O. The lowest BCUT2D eigenvalue weighted by atomic mass is 10.1. The lowest BCUT2D eigenvalue weighted by molar-refractivity contribution is 0.0679. The SMILES string of the molecule is Nc1ncccc1CN(Cc1ccncc1)C[C@@H]1CCCO1. The lowest BCUT2D eigenvalue weighted by Crippen LogP contribution is -2.31. The number of ether oxygens (including phenoxy) is 1. The fourth-order valence-corrected chi connectivity index (χ4v) is 2.83. The highest BCUT2D eigenvalue weighted by Gasteiger charge is 2.20. The van der Waals surface area contributed by atoms with E-state index < -0.39 is 0 Å². The molecule has 0 saturated carbocycles. The van der Waals surface area contributed by atoms with Gasteiger partial charge in [-0.25, -0.2) is 4.98 Å². The largest absolute Gasteiger partial charge is 0.383 e. The summed E-state index contributed by atoms with van der Waals surface area (Å²) in [6.07, 6.45) is 8.00. The molecule has 116 valence electrons. The van der Waals surface area contributed by atoms with Crippen molar-refractivity contribution in [2.75, 3.05) is 18.9 Å². The van der Waals surface area contributed by atoms with Crippen LogP contribution in [0, 0.1) is 0 Å². The highest BCUT2D eigenvalue weighted by Crippen LogP contribution is 2.18. The van der Waals surface area contributed by atoms with Crippen LogP contribution >= 0.6 is 0 Å². The lowest BCUT2D eigenvalue weighted by Gasteiger charge is -2.25. The van der Waals surface area contributed by atoms with Gasteiger partial charge in [-0.2, -0.15) is 0 Å². The van der Waals surface area contributed by atoms with Crippen molar-refractivity contribution in [2.45, 2.75) is 32.0 Å². The van der Waals surface area contributed by atoms with E-state index in [-0.39, 0.29) is 0 Å². The van der Waals surface area contributed by atoms with Crippen LogP contribution in [0.1, 0.15) is 24.0 Å². The van der Waals surface area contributed by atoms with Gasteiger partial charge in [0.25, 0.3) is 0 Å². The van der Waals surface area contributed by atoms with Crippen LogP contribution in [0.4, 0.5) is 5.82 Å². The van der Waals surface area contributed by atoms with Crippen LogP contribution in [0.15, 0.2) is 42.9 Å². The first kappa shape index (κ1) is 14.9. The number of aromatic nitrogens is 2. The van der Waals surface area contributed by atoms with Gasteiger partial charge in [0, 0.05) is 50.4 Å². The van der Waals surface area contributed by atoms with Crippen LogP contribution in [0.25, 0.3) is 0 Å². The van der Waals surface area contributed by atoms with E-state index in [0.29, 0.717) is 11.9 Å². The van der Waals surface area contributed by atoms with Crippen LogP contribution < -0.4 is 5.73 Å². The average molecular weight is 298 g/mol. The first-order chi connectivity index (χ1) is 10.8. The van der Waals surface area contributed by atoms with Crippen LogP contribution in [0.3, 0.4) is 0 Å². The summed E-state index contributed by atoms with van der Waals surface area (Å²) in [7, 11) is 0. The van der Waals surface area contributed by atoms with E-state index >= 15 is 0 Å². The molecular weight excluding hydrogens is 276 g/mol. The predicted molar refractivity (Wildman–Crippen MR) is 86.0 cm³/mol. The van der Waals surface area contributed by atoms with Crippen molar-refractivity contribution < 1.29 is 4.74 Å². The van der Waals surface area contributed by atoms with Gasteiger partial charge in [-0.15, -0.1) is 0 Å². The normalized spacial score (nSPS) is 18.0. The molecule has 0 amide bonds. The molecule has 1 atom stereocenters. The second kappa shape index (κ2) is 7.33. The van der Waals surface area contributed by atoms with Crippen molar-refractivity contribution in [1.29, 1.82) is 0 Å². The minimum absolute atomic E-state index is 0.319. The summed E-state index contributed by atoms with van der Waals surface area (Å²) in [5.74, 6) is 0.606. The summed E-state index contributed by atoms with van der Waals surface area (Å²) >= 11 is 0. The summed E-state index contributed by atoms with van der Waals surface area (Å²) in [5, 5.41) is 0. The molecule has 0 spiro atoms. The second-order valence-corrected chi connectivity index (χ2v) is 5.71. The van der Waals surface area contributed by atoms with Gasteiger partial charge >= 0.3 is 0 Å². The summed E-state index contributed by atoms with van der Waals surface area (Å²) in [5.41, 5.74) is 8.30. The van der Waals surface area contributed by atoms with E-state index in [1.165, 1.54) is 5.56 Å².